The lowest BCUT2D eigenvalue weighted by atomic mass is 10.2. The summed E-state index contributed by atoms with van der Waals surface area (Å²) in [6.07, 6.45) is -4.69. The van der Waals surface area contributed by atoms with Gasteiger partial charge in [0.1, 0.15) is 0 Å². The zero-order valence-electron chi connectivity index (χ0n) is 11.0. The number of nitrogens with one attached hydrogen (secondary N) is 1. The second-order valence-electron chi connectivity index (χ2n) is 4.44. The molecule has 1 aromatic rings. The summed E-state index contributed by atoms with van der Waals surface area (Å²) in [7, 11) is 0. The highest BCUT2D eigenvalue weighted by atomic mass is 19.4. The Labute approximate surface area is 110 Å². The predicted octanol–water partition coefficient (Wildman–Crippen LogP) is 3.67. The van der Waals surface area contributed by atoms with Gasteiger partial charge in [0, 0.05) is 13.2 Å². The molecule has 6 heteroatoms. The van der Waals surface area contributed by atoms with Crippen LogP contribution in [0.1, 0.15) is 13.8 Å². The van der Waals surface area contributed by atoms with Crippen LogP contribution in [-0.4, -0.2) is 26.1 Å². The Hall–Kier alpha value is -1.43. The van der Waals surface area contributed by atoms with Crippen LogP contribution in [0.4, 0.5) is 18.9 Å². The van der Waals surface area contributed by atoms with Crippen molar-refractivity contribution in [2.45, 2.75) is 20.2 Å². The molecule has 0 saturated carbocycles. The second kappa shape index (κ2) is 7.23. The lowest BCUT2D eigenvalue weighted by Crippen LogP contribution is -2.19. The molecule has 0 bridgehead atoms. The number of halogens is 3. The van der Waals surface area contributed by atoms with Gasteiger partial charge in [0.2, 0.25) is 0 Å². The molecule has 0 aliphatic rings. The van der Waals surface area contributed by atoms with Gasteiger partial charge in [0.25, 0.3) is 0 Å². The molecule has 19 heavy (non-hydrogen) atoms. The van der Waals surface area contributed by atoms with Crippen LogP contribution in [0, 0.1) is 5.92 Å². The Morgan fingerprint density at radius 1 is 1.21 bits per heavy atom. The van der Waals surface area contributed by atoms with Gasteiger partial charge in [-0.3, -0.25) is 0 Å². The van der Waals surface area contributed by atoms with Crippen molar-refractivity contribution in [3.8, 4) is 5.75 Å². The van der Waals surface area contributed by atoms with Gasteiger partial charge < -0.3 is 14.8 Å². The standard InChI is InChI=1S/C13H18F3NO2/c1-10(2)9-18-8-7-17-11-5-3-4-6-12(11)19-13(14,15)16/h3-6,10,17H,7-9H2,1-2H3. The lowest BCUT2D eigenvalue weighted by molar-refractivity contribution is -0.274. The molecule has 108 valence electrons. The molecular formula is C13H18F3NO2. The van der Waals surface area contributed by atoms with Crippen LogP contribution < -0.4 is 10.1 Å². The van der Waals surface area contributed by atoms with Crippen molar-refractivity contribution in [3.05, 3.63) is 24.3 Å². The molecule has 1 rings (SSSR count). The van der Waals surface area contributed by atoms with E-state index in [1.165, 1.54) is 18.2 Å². The zero-order chi connectivity index (χ0) is 14.3. The van der Waals surface area contributed by atoms with Gasteiger partial charge in [0.05, 0.1) is 12.3 Å². The van der Waals surface area contributed by atoms with E-state index in [1.807, 2.05) is 13.8 Å². The van der Waals surface area contributed by atoms with Crippen molar-refractivity contribution in [2.75, 3.05) is 25.1 Å². The number of alkyl halides is 3. The van der Waals surface area contributed by atoms with Crippen LogP contribution in [-0.2, 0) is 4.74 Å². The van der Waals surface area contributed by atoms with Gasteiger partial charge >= 0.3 is 6.36 Å². The fourth-order valence-corrected chi connectivity index (χ4v) is 1.40. The minimum Gasteiger partial charge on any atom is -0.404 e. The number of rotatable bonds is 7. The summed E-state index contributed by atoms with van der Waals surface area (Å²) in [5.41, 5.74) is 0.299. The molecule has 1 aromatic carbocycles. The van der Waals surface area contributed by atoms with E-state index in [0.29, 0.717) is 31.4 Å². The first-order valence-corrected chi connectivity index (χ1v) is 6.05. The second-order valence-corrected chi connectivity index (χ2v) is 4.44. The van der Waals surface area contributed by atoms with E-state index in [2.05, 4.69) is 10.1 Å². The van der Waals surface area contributed by atoms with E-state index < -0.39 is 6.36 Å². The molecule has 0 aliphatic heterocycles. The predicted molar refractivity (Wildman–Crippen MR) is 67.3 cm³/mol. The van der Waals surface area contributed by atoms with Crippen molar-refractivity contribution in [3.63, 3.8) is 0 Å². The molecule has 0 aromatic heterocycles. The van der Waals surface area contributed by atoms with Crippen LogP contribution in [0.3, 0.4) is 0 Å². The zero-order valence-corrected chi connectivity index (χ0v) is 11.0. The summed E-state index contributed by atoms with van der Waals surface area (Å²) in [6.45, 7) is 5.53. The Balaban J connectivity index is 2.45. The third-order valence-electron chi connectivity index (χ3n) is 2.13. The van der Waals surface area contributed by atoms with Crippen molar-refractivity contribution in [1.82, 2.24) is 0 Å². The minimum absolute atomic E-state index is 0.237. The van der Waals surface area contributed by atoms with Crippen LogP contribution >= 0.6 is 0 Å². The number of para-hydroxylation sites is 2. The topological polar surface area (TPSA) is 30.5 Å². The average Bonchev–Trinajstić information content (AvgIpc) is 2.28. The lowest BCUT2D eigenvalue weighted by Gasteiger charge is -2.14. The highest BCUT2D eigenvalue weighted by Gasteiger charge is 2.31. The van der Waals surface area contributed by atoms with Crippen LogP contribution in [0.2, 0.25) is 0 Å². The average molecular weight is 277 g/mol. The number of hydrogen-bond donors (Lipinski definition) is 1. The molecular weight excluding hydrogens is 259 g/mol. The molecule has 0 aliphatic carbocycles. The van der Waals surface area contributed by atoms with Gasteiger partial charge in [-0.1, -0.05) is 26.0 Å². The maximum absolute atomic E-state index is 12.2. The maximum atomic E-state index is 12.2. The summed E-state index contributed by atoms with van der Waals surface area (Å²) in [5.74, 6) is 0.194. The molecule has 1 N–H and O–H groups in total. The fraction of sp³-hybridized carbons (Fsp3) is 0.538. The van der Waals surface area contributed by atoms with Crippen molar-refractivity contribution in [1.29, 1.82) is 0 Å². The Kier molecular flexibility index (Phi) is 5.95. The molecule has 0 radical (unpaired) electrons. The highest BCUT2D eigenvalue weighted by molar-refractivity contribution is 5.56. The highest BCUT2D eigenvalue weighted by Crippen LogP contribution is 2.29. The summed E-state index contributed by atoms with van der Waals surface area (Å²) >= 11 is 0. The first-order valence-electron chi connectivity index (χ1n) is 6.05. The maximum Gasteiger partial charge on any atom is 0.573 e. The van der Waals surface area contributed by atoms with Gasteiger partial charge in [0.15, 0.2) is 5.75 Å². The van der Waals surface area contributed by atoms with E-state index in [9.17, 15) is 13.2 Å². The number of ether oxygens (including phenoxy) is 2. The number of hydrogen-bond acceptors (Lipinski definition) is 3. The van der Waals surface area contributed by atoms with E-state index in [0.717, 1.165) is 0 Å². The Morgan fingerprint density at radius 2 is 1.89 bits per heavy atom. The molecule has 0 amide bonds. The quantitative estimate of drug-likeness (QED) is 0.771. The number of anilines is 1. The molecule has 0 spiro atoms. The molecule has 0 unspecified atom stereocenters. The molecule has 0 saturated heterocycles. The Bertz CT molecular complexity index is 380. The summed E-state index contributed by atoms with van der Waals surface area (Å²) < 4.78 is 45.8. The summed E-state index contributed by atoms with van der Waals surface area (Å²) in [4.78, 5) is 0. The largest absolute Gasteiger partial charge is 0.573 e. The Morgan fingerprint density at radius 3 is 2.53 bits per heavy atom. The SMILES string of the molecule is CC(C)COCCNc1ccccc1OC(F)(F)F. The number of benzene rings is 1. The summed E-state index contributed by atoms with van der Waals surface area (Å²) in [6, 6.07) is 5.93. The van der Waals surface area contributed by atoms with Gasteiger partial charge in [-0.15, -0.1) is 13.2 Å². The van der Waals surface area contributed by atoms with E-state index in [-0.39, 0.29) is 5.75 Å². The van der Waals surface area contributed by atoms with Gasteiger partial charge in [-0.2, -0.15) is 0 Å². The third-order valence-corrected chi connectivity index (χ3v) is 2.13. The molecule has 0 heterocycles. The monoisotopic (exact) mass is 277 g/mol. The normalized spacial score (nSPS) is 11.7. The van der Waals surface area contributed by atoms with Gasteiger partial charge in [-0.25, -0.2) is 0 Å². The molecule has 0 atom stereocenters. The van der Waals surface area contributed by atoms with Crippen molar-refractivity contribution < 1.29 is 22.6 Å². The van der Waals surface area contributed by atoms with Crippen LogP contribution in [0.15, 0.2) is 24.3 Å². The smallest absolute Gasteiger partial charge is 0.404 e. The van der Waals surface area contributed by atoms with Crippen molar-refractivity contribution in [2.24, 2.45) is 5.92 Å². The fourth-order valence-electron chi connectivity index (χ4n) is 1.40. The van der Waals surface area contributed by atoms with E-state index in [4.69, 9.17) is 4.74 Å². The first-order chi connectivity index (χ1) is 8.88. The summed E-state index contributed by atoms with van der Waals surface area (Å²) in [5, 5.41) is 2.86. The van der Waals surface area contributed by atoms with E-state index in [1.54, 1.807) is 6.07 Å². The molecule has 0 fully saturated rings. The van der Waals surface area contributed by atoms with Crippen LogP contribution in [0.5, 0.6) is 5.75 Å². The first kappa shape index (κ1) is 15.6. The van der Waals surface area contributed by atoms with Crippen LogP contribution in [0.25, 0.3) is 0 Å². The van der Waals surface area contributed by atoms with Crippen molar-refractivity contribution >= 4 is 5.69 Å². The van der Waals surface area contributed by atoms with Gasteiger partial charge in [-0.05, 0) is 18.1 Å². The molecule has 3 nitrogen and oxygen atoms in total. The van der Waals surface area contributed by atoms with E-state index >= 15 is 0 Å². The third kappa shape index (κ3) is 6.91. The minimum atomic E-state index is -4.69.